The van der Waals surface area contributed by atoms with E-state index in [1.54, 1.807) is 12.3 Å². The van der Waals surface area contributed by atoms with Crippen LogP contribution in [0, 0.1) is 5.82 Å². The summed E-state index contributed by atoms with van der Waals surface area (Å²) >= 11 is 7.18. The van der Waals surface area contributed by atoms with Gasteiger partial charge >= 0.3 is 0 Å². The normalized spacial score (nSPS) is 10.2. The zero-order valence-electron chi connectivity index (χ0n) is 7.43. The number of thioether (sulfide) groups is 1. The fraction of sp³-hybridized carbons (Fsp3) is 0.333. The molecule has 0 bridgehead atoms. The van der Waals surface area contributed by atoms with Gasteiger partial charge in [0.1, 0.15) is 11.6 Å². The first-order valence-corrected chi connectivity index (χ1v) is 5.45. The maximum Gasteiger partial charge on any atom is 0.139 e. The SMILES string of the molecule is CCOc1ccc(F)c(SC)c1Cl. The average molecular weight is 221 g/mol. The van der Waals surface area contributed by atoms with Gasteiger partial charge in [0.25, 0.3) is 0 Å². The average Bonchev–Trinajstić information content (AvgIpc) is 2.11. The Morgan fingerprint density at radius 2 is 2.23 bits per heavy atom. The van der Waals surface area contributed by atoms with Crippen LogP contribution in [0.1, 0.15) is 6.92 Å². The first-order chi connectivity index (χ1) is 6.20. The molecule has 0 saturated heterocycles. The van der Waals surface area contributed by atoms with E-state index in [1.165, 1.54) is 17.8 Å². The van der Waals surface area contributed by atoms with Crippen LogP contribution in [-0.2, 0) is 0 Å². The quantitative estimate of drug-likeness (QED) is 0.720. The van der Waals surface area contributed by atoms with Gasteiger partial charge in [0.05, 0.1) is 16.5 Å². The van der Waals surface area contributed by atoms with Crippen molar-refractivity contribution < 1.29 is 9.13 Å². The van der Waals surface area contributed by atoms with Crippen molar-refractivity contribution in [3.8, 4) is 5.75 Å². The van der Waals surface area contributed by atoms with Crippen LogP contribution in [0.2, 0.25) is 5.02 Å². The Balaban J connectivity index is 3.11. The summed E-state index contributed by atoms with van der Waals surface area (Å²) in [6.45, 7) is 2.39. The van der Waals surface area contributed by atoms with Gasteiger partial charge in [-0.2, -0.15) is 0 Å². The monoisotopic (exact) mass is 220 g/mol. The molecule has 0 amide bonds. The van der Waals surface area contributed by atoms with Crippen LogP contribution >= 0.6 is 23.4 Å². The molecule has 0 aliphatic heterocycles. The molecule has 13 heavy (non-hydrogen) atoms. The lowest BCUT2D eigenvalue weighted by Crippen LogP contribution is -1.94. The molecule has 0 spiro atoms. The molecule has 1 rings (SSSR count). The number of halogens is 2. The Morgan fingerprint density at radius 3 is 2.77 bits per heavy atom. The summed E-state index contributed by atoms with van der Waals surface area (Å²) in [5.74, 6) is 0.232. The summed E-state index contributed by atoms with van der Waals surface area (Å²) < 4.78 is 18.3. The van der Waals surface area contributed by atoms with Crippen molar-refractivity contribution in [2.24, 2.45) is 0 Å². The fourth-order valence-electron chi connectivity index (χ4n) is 0.969. The standard InChI is InChI=1S/C9H10ClFOS/c1-3-12-7-5-4-6(11)9(13-2)8(7)10/h4-5H,3H2,1-2H3. The van der Waals surface area contributed by atoms with Gasteiger partial charge in [0.2, 0.25) is 0 Å². The first kappa shape index (κ1) is 10.7. The van der Waals surface area contributed by atoms with E-state index in [0.29, 0.717) is 22.3 Å². The Bertz CT molecular complexity index is 304. The minimum atomic E-state index is -0.305. The Morgan fingerprint density at radius 1 is 1.54 bits per heavy atom. The summed E-state index contributed by atoms with van der Waals surface area (Å²) in [5, 5.41) is 0.356. The number of hydrogen-bond donors (Lipinski definition) is 0. The fourth-order valence-corrected chi connectivity index (χ4v) is 1.95. The van der Waals surface area contributed by atoms with Gasteiger partial charge in [-0.25, -0.2) is 4.39 Å². The molecule has 0 heterocycles. The molecule has 0 aromatic heterocycles. The van der Waals surface area contributed by atoms with Gasteiger partial charge in [-0.05, 0) is 25.3 Å². The molecule has 0 radical (unpaired) electrons. The number of benzene rings is 1. The third-order valence-electron chi connectivity index (χ3n) is 1.52. The van der Waals surface area contributed by atoms with Gasteiger partial charge in [0.15, 0.2) is 0 Å². The molecule has 0 aliphatic rings. The third kappa shape index (κ3) is 2.29. The molecule has 72 valence electrons. The largest absolute Gasteiger partial charge is 0.492 e. The van der Waals surface area contributed by atoms with Crippen molar-refractivity contribution in [3.05, 3.63) is 23.0 Å². The second kappa shape index (κ2) is 4.72. The second-order valence-corrected chi connectivity index (χ2v) is 3.52. The topological polar surface area (TPSA) is 9.23 Å². The van der Waals surface area contributed by atoms with E-state index in [0.717, 1.165) is 0 Å². The van der Waals surface area contributed by atoms with Crippen LogP contribution in [0.3, 0.4) is 0 Å². The first-order valence-electron chi connectivity index (χ1n) is 3.85. The van der Waals surface area contributed by atoms with Crippen LogP contribution < -0.4 is 4.74 Å². The smallest absolute Gasteiger partial charge is 0.139 e. The summed E-state index contributed by atoms with van der Waals surface area (Å²) in [7, 11) is 0. The van der Waals surface area contributed by atoms with E-state index in [2.05, 4.69) is 0 Å². The lowest BCUT2D eigenvalue weighted by atomic mass is 10.3. The molecule has 0 fully saturated rings. The van der Waals surface area contributed by atoms with Crippen molar-refractivity contribution in [2.45, 2.75) is 11.8 Å². The molecule has 0 unspecified atom stereocenters. The highest BCUT2D eigenvalue weighted by Crippen LogP contribution is 2.35. The third-order valence-corrected chi connectivity index (χ3v) is 2.81. The number of ether oxygens (including phenoxy) is 1. The Labute approximate surface area is 86.2 Å². The maximum atomic E-state index is 13.1. The summed E-state index contributed by atoms with van der Waals surface area (Å²) in [6.07, 6.45) is 1.78. The molecular weight excluding hydrogens is 211 g/mol. The molecule has 0 atom stereocenters. The predicted octanol–water partition coefficient (Wildman–Crippen LogP) is 3.60. The Kier molecular flexibility index (Phi) is 3.88. The molecule has 1 nitrogen and oxygen atoms in total. The van der Waals surface area contributed by atoms with Crippen LogP contribution in [0.5, 0.6) is 5.75 Å². The highest BCUT2D eigenvalue weighted by atomic mass is 35.5. The molecule has 0 N–H and O–H groups in total. The highest BCUT2D eigenvalue weighted by Gasteiger charge is 2.11. The van der Waals surface area contributed by atoms with Crippen LogP contribution in [0.15, 0.2) is 17.0 Å². The van der Waals surface area contributed by atoms with Gasteiger partial charge < -0.3 is 4.74 Å². The van der Waals surface area contributed by atoms with E-state index < -0.39 is 0 Å². The second-order valence-electron chi connectivity index (χ2n) is 2.33. The van der Waals surface area contributed by atoms with Crippen molar-refractivity contribution in [1.82, 2.24) is 0 Å². The van der Waals surface area contributed by atoms with Crippen molar-refractivity contribution >= 4 is 23.4 Å². The van der Waals surface area contributed by atoms with Gasteiger partial charge in [0, 0.05) is 0 Å². The number of rotatable bonds is 3. The molecule has 0 aliphatic carbocycles. The van der Waals surface area contributed by atoms with Crippen molar-refractivity contribution in [1.29, 1.82) is 0 Å². The van der Waals surface area contributed by atoms with Crippen LogP contribution in [0.4, 0.5) is 4.39 Å². The van der Waals surface area contributed by atoms with Crippen molar-refractivity contribution in [2.75, 3.05) is 12.9 Å². The molecule has 1 aromatic rings. The lowest BCUT2D eigenvalue weighted by molar-refractivity contribution is 0.338. The van der Waals surface area contributed by atoms with Gasteiger partial charge in [-0.15, -0.1) is 11.8 Å². The summed E-state index contributed by atoms with van der Waals surface area (Å²) in [4.78, 5) is 0.438. The highest BCUT2D eigenvalue weighted by molar-refractivity contribution is 7.98. The maximum absolute atomic E-state index is 13.1. The molecular formula is C9H10ClFOS. The van der Waals surface area contributed by atoms with Crippen LogP contribution in [0.25, 0.3) is 0 Å². The van der Waals surface area contributed by atoms with Gasteiger partial charge in [-0.3, -0.25) is 0 Å². The zero-order chi connectivity index (χ0) is 9.84. The van der Waals surface area contributed by atoms with Crippen molar-refractivity contribution in [3.63, 3.8) is 0 Å². The minimum Gasteiger partial charge on any atom is -0.492 e. The predicted molar refractivity (Wildman–Crippen MR) is 54.4 cm³/mol. The van der Waals surface area contributed by atoms with E-state index in [4.69, 9.17) is 16.3 Å². The number of hydrogen-bond acceptors (Lipinski definition) is 2. The minimum absolute atomic E-state index is 0.305. The Hall–Kier alpha value is -0.410. The van der Waals surface area contributed by atoms with E-state index >= 15 is 0 Å². The van der Waals surface area contributed by atoms with Gasteiger partial charge in [-0.1, -0.05) is 11.6 Å². The zero-order valence-corrected chi connectivity index (χ0v) is 9.01. The van der Waals surface area contributed by atoms with Crippen LogP contribution in [-0.4, -0.2) is 12.9 Å². The summed E-state index contributed by atoms with van der Waals surface area (Å²) in [5.41, 5.74) is 0. The lowest BCUT2D eigenvalue weighted by Gasteiger charge is -2.08. The summed E-state index contributed by atoms with van der Waals surface area (Å²) in [6, 6.07) is 2.91. The van der Waals surface area contributed by atoms with E-state index in [-0.39, 0.29) is 5.82 Å². The van der Waals surface area contributed by atoms with E-state index in [1.807, 2.05) is 6.92 Å². The molecule has 4 heteroatoms. The molecule has 0 saturated carbocycles. The van der Waals surface area contributed by atoms with E-state index in [9.17, 15) is 4.39 Å². The molecule has 1 aromatic carbocycles.